The largest absolute Gasteiger partial charge is 0.496 e. The van der Waals surface area contributed by atoms with Gasteiger partial charge in [-0.3, -0.25) is 4.98 Å². The molecule has 2 rings (SSSR count). The van der Waals surface area contributed by atoms with Crippen molar-refractivity contribution < 1.29 is 4.74 Å². The lowest BCUT2D eigenvalue weighted by Gasteiger charge is -2.34. The van der Waals surface area contributed by atoms with Crippen LogP contribution in [0.1, 0.15) is 62.3 Å². The van der Waals surface area contributed by atoms with Crippen LogP contribution in [0.2, 0.25) is 0 Å². The molecular formula is C18H30N2O. The van der Waals surface area contributed by atoms with Crippen molar-refractivity contribution in [3.8, 4) is 5.75 Å². The van der Waals surface area contributed by atoms with Crippen LogP contribution in [0.3, 0.4) is 0 Å². The molecule has 1 aliphatic heterocycles. The lowest BCUT2D eigenvalue weighted by atomic mass is 9.83. The molecule has 1 saturated heterocycles. The molecular weight excluding hydrogens is 260 g/mol. The molecule has 1 aromatic rings. The van der Waals surface area contributed by atoms with Crippen LogP contribution in [0, 0.1) is 13.8 Å². The second kappa shape index (κ2) is 7.26. The van der Waals surface area contributed by atoms with E-state index in [2.05, 4.69) is 26.1 Å². The van der Waals surface area contributed by atoms with E-state index < -0.39 is 0 Å². The van der Waals surface area contributed by atoms with Crippen LogP contribution in [0.5, 0.6) is 5.75 Å². The van der Waals surface area contributed by atoms with Crippen molar-refractivity contribution in [2.24, 2.45) is 0 Å². The van der Waals surface area contributed by atoms with E-state index in [9.17, 15) is 0 Å². The number of methoxy groups -OCH3 is 1. The van der Waals surface area contributed by atoms with E-state index in [0.717, 1.165) is 24.3 Å². The Morgan fingerprint density at radius 2 is 2.10 bits per heavy atom. The van der Waals surface area contributed by atoms with E-state index in [1.165, 1.54) is 49.8 Å². The molecule has 1 unspecified atom stereocenters. The smallest absolute Gasteiger partial charge is 0.128 e. The van der Waals surface area contributed by atoms with E-state index in [0.29, 0.717) is 0 Å². The standard InChI is InChI=1S/C18H30N2O/c1-5-9-18(10-7-6-8-11-20-18)12-16-15(3)17(21-4)14(2)13-19-16/h13,20H,5-12H2,1-4H3. The highest BCUT2D eigenvalue weighted by molar-refractivity contribution is 5.41. The zero-order valence-electron chi connectivity index (χ0n) is 14.1. The summed E-state index contributed by atoms with van der Waals surface area (Å²) in [6, 6.07) is 0. The maximum atomic E-state index is 5.56. The third-order valence-corrected chi connectivity index (χ3v) is 4.82. The molecule has 2 heterocycles. The molecule has 0 aliphatic carbocycles. The zero-order chi connectivity index (χ0) is 15.3. The first-order valence-electron chi connectivity index (χ1n) is 8.36. The summed E-state index contributed by atoms with van der Waals surface area (Å²) < 4.78 is 5.56. The van der Waals surface area contributed by atoms with Gasteiger partial charge in [-0.05, 0) is 39.7 Å². The number of nitrogens with zero attached hydrogens (tertiary/aromatic N) is 1. The summed E-state index contributed by atoms with van der Waals surface area (Å²) in [6.45, 7) is 7.63. The summed E-state index contributed by atoms with van der Waals surface area (Å²) in [5.41, 5.74) is 3.75. The number of hydrogen-bond donors (Lipinski definition) is 1. The third-order valence-electron chi connectivity index (χ3n) is 4.82. The van der Waals surface area contributed by atoms with E-state index in [4.69, 9.17) is 9.72 Å². The molecule has 0 aromatic carbocycles. The van der Waals surface area contributed by atoms with Crippen LogP contribution in [-0.4, -0.2) is 24.2 Å². The van der Waals surface area contributed by atoms with E-state index in [1.807, 2.05) is 6.20 Å². The van der Waals surface area contributed by atoms with Crippen LogP contribution in [-0.2, 0) is 6.42 Å². The molecule has 21 heavy (non-hydrogen) atoms. The van der Waals surface area contributed by atoms with Gasteiger partial charge in [-0.25, -0.2) is 0 Å². The molecule has 1 aromatic heterocycles. The number of ether oxygens (including phenoxy) is 1. The van der Waals surface area contributed by atoms with Crippen molar-refractivity contribution in [1.82, 2.24) is 10.3 Å². The first-order chi connectivity index (χ1) is 10.1. The fourth-order valence-corrected chi connectivity index (χ4v) is 3.71. The van der Waals surface area contributed by atoms with Crippen LogP contribution in [0.25, 0.3) is 0 Å². The van der Waals surface area contributed by atoms with Crippen molar-refractivity contribution in [3.05, 3.63) is 23.0 Å². The first-order valence-corrected chi connectivity index (χ1v) is 8.36. The van der Waals surface area contributed by atoms with E-state index in [1.54, 1.807) is 7.11 Å². The van der Waals surface area contributed by atoms with Crippen LogP contribution in [0.15, 0.2) is 6.20 Å². The van der Waals surface area contributed by atoms with Gasteiger partial charge in [0.1, 0.15) is 5.75 Å². The molecule has 3 heteroatoms. The summed E-state index contributed by atoms with van der Waals surface area (Å²) in [5, 5.41) is 3.84. The van der Waals surface area contributed by atoms with Crippen molar-refractivity contribution >= 4 is 0 Å². The Morgan fingerprint density at radius 3 is 2.81 bits per heavy atom. The summed E-state index contributed by atoms with van der Waals surface area (Å²) in [6.07, 6.45) is 10.7. The zero-order valence-corrected chi connectivity index (χ0v) is 14.1. The van der Waals surface area contributed by atoms with Gasteiger partial charge in [0.05, 0.1) is 7.11 Å². The SMILES string of the molecule is CCCC1(Cc2ncc(C)c(OC)c2C)CCCCCN1. The second-order valence-electron chi connectivity index (χ2n) is 6.49. The van der Waals surface area contributed by atoms with Gasteiger partial charge in [0.15, 0.2) is 0 Å². The summed E-state index contributed by atoms with van der Waals surface area (Å²) in [5.74, 6) is 1.00. The van der Waals surface area contributed by atoms with Gasteiger partial charge >= 0.3 is 0 Å². The predicted octanol–water partition coefficient (Wildman–Crippen LogP) is 3.95. The minimum Gasteiger partial charge on any atom is -0.496 e. The lowest BCUT2D eigenvalue weighted by Crippen LogP contribution is -2.46. The fraction of sp³-hybridized carbons (Fsp3) is 0.722. The van der Waals surface area contributed by atoms with Crippen molar-refractivity contribution in [1.29, 1.82) is 0 Å². The monoisotopic (exact) mass is 290 g/mol. The number of aromatic nitrogens is 1. The Morgan fingerprint density at radius 1 is 1.29 bits per heavy atom. The molecule has 0 saturated carbocycles. The van der Waals surface area contributed by atoms with Gasteiger partial charge in [-0.2, -0.15) is 0 Å². The van der Waals surface area contributed by atoms with Crippen molar-refractivity contribution in [3.63, 3.8) is 0 Å². The molecule has 0 spiro atoms. The molecule has 0 bridgehead atoms. The Balaban J connectivity index is 2.28. The minimum atomic E-state index is 0.225. The summed E-state index contributed by atoms with van der Waals surface area (Å²) >= 11 is 0. The maximum Gasteiger partial charge on any atom is 0.128 e. The van der Waals surface area contributed by atoms with Crippen LogP contribution < -0.4 is 10.1 Å². The van der Waals surface area contributed by atoms with Crippen LogP contribution >= 0.6 is 0 Å². The third kappa shape index (κ3) is 3.76. The van der Waals surface area contributed by atoms with Gasteiger partial charge < -0.3 is 10.1 Å². The van der Waals surface area contributed by atoms with Gasteiger partial charge in [0, 0.05) is 35.0 Å². The van der Waals surface area contributed by atoms with Crippen molar-refractivity contribution in [2.45, 2.75) is 71.3 Å². The van der Waals surface area contributed by atoms with Gasteiger partial charge in [0.25, 0.3) is 0 Å². The number of hydrogen-bond acceptors (Lipinski definition) is 3. The van der Waals surface area contributed by atoms with Gasteiger partial charge in [-0.1, -0.05) is 26.2 Å². The average molecular weight is 290 g/mol. The maximum absolute atomic E-state index is 5.56. The highest BCUT2D eigenvalue weighted by atomic mass is 16.5. The molecule has 0 amide bonds. The topological polar surface area (TPSA) is 34.1 Å². The predicted molar refractivity (Wildman–Crippen MR) is 88.1 cm³/mol. The minimum absolute atomic E-state index is 0.225. The Kier molecular flexibility index (Phi) is 5.63. The van der Waals surface area contributed by atoms with Gasteiger partial charge in [-0.15, -0.1) is 0 Å². The Hall–Kier alpha value is -1.09. The Labute approximate surface area is 129 Å². The molecule has 3 nitrogen and oxygen atoms in total. The second-order valence-corrected chi connectivity index (χ2v) is 6.49. The number of aryl methyl sites for hydroxylation is 1. The average Bonchev–Trinajstić information content (AvgIpc) is 2.69. The molecule has 0 radical (unpaired) electrons. The number of nitrogens with one attached hydrogen (secondary N) is 1. The quantitative estimate of drug-likeness (QED) is 0.891. The summed E-state index contributed by atoms with van der Waals surface area (Å²) in [4.78, 5) is 4.72. The molecule has 1 atom stereocenters. The fourth-order valence-electron chi connectivity index (χ4n) is 3.71. The number of pyridine rings is 1. The molecule has 1 fully saturated rings. The van der Waals surface area contributed by atoms with Gasteiger partial charge in [0.2, 0.25) is 0 Å². The summed E-state index contributed by atoms with van der Waals surface area (Å²) in [7, 11) is 1.75. The highest BCUT2D eigenvalue weighted by Gasteiger charge is 2.31. The first kappa shape index (κ1) is 16.3. The number of rotatable bonds is 5. The van der Waals surface area contributed by atoms with Crippen molar-refractivity contribution in [2.75, 3.05) is 13.7 Å². The van der Waals surface area contributed by atoms with E-state index in [-0.39, 0.29) is 5.54 Å². The lowest BCUT2D eigenvalue weighted by molar-refractivity contribution is 0.284. The van der Waals surface area contributed by atoms with E-state index >= 15 is 0 Å². The highest BCUT2D eigenvalue weighted by Crippen LogP contribution is 2.31. The molecule has 1 N–H and O–H groups in total. The molecule has 1 aliphatic rings. The molecule has 118 valence electrons. The van der Waals surface area contributed by atoms with Crippen LogP contribution in [0.4, 0.5) is 0 Å². The Bertz CT molecular complexity index is 463. The normalized spacial score (nSPS) is 22.9.